The second kappa shape index (κ2) is 6.17. The van der Waals surface area contributed by atoms with Crippen molar-refractivity contribution >= 4 is 34.2 Å². The Bertz CT molecular complexity index is 887. The molecule has 6 nitrogen and oxygen atoms in total. The van der Waals surface area contributed by atoms with Crippen LogP contribution in [0.15, 0.2) is 34.3 Å². The van der Waals surface area contributed by atoms with Crippen molar-refractivity contribution in [3.63, 3.8) is 0 Å². The Morgan fingerprint density at radius 3 is 2.96 bits per heavy atom. The molecule has 3 rings (SSSR count). The zero-order chi connectivity index (χ0) is 16.4. The largest absolute Gasteiger partial charge is 0.476 e. The van der Waals surface area contributed by atoms with E-state index in [0.717, 1.165) is 0 Å². The Balaban J connectivity index is 1.64. The molecule has 0 fully saturated rings. The van der Waals surface area contributed by atoms with Gasteiger partial charge in [0.1, 0.15) is 17.7 Å². The molecule has 0 saturated carbocycles. The van der Waals surface area contributed by atoms with Gasteiger partial charge < -0.3 is 14.8 Å². The topological polar surface area (TPSA) is 92.4 Å². The van der Waals surface area contributed by atoms with E-state index in [4.69, 9.17) is 9.52 Å². The monoisotopic (exact) mass is 334 g/mol. The third-order valence-electron chi connectivity index (χ3n) is 3.18. The maximum Gasteiger partial charge on any atom is 0.355 e. The summed E-state index contributed by atoms with van der Waals surface area (Å²) in [5.41, 5.74) is 0.681. The van der Waals surface area contributed by atoms with Gasteiger partial charge in [-0.25, -0.2) is 14.2 Å². The quantitative estimate of drug-likeness (QED) is 0.748. The molecule has 1 aromatic carbocycles. The molecule has 0 spiro atoms. The predicted molar refractivity (Wildman–Crippen MR) is 81.3 cm³/mol. The van der Waals surface area contributed by atoms with Gasteiger partial charge in [0, 0.05) is 23.7 Å². The first-order valence-electron chi connectivity index (χ1n) is 6.67. The van der Waals surface area contributed by atoms with Gasteiger partial charge in [-0.15, -0.1) is 11.3 Å². The molecule has 3 aromatic rings. The Morgan fingerprint density at radius 2 is 2.22 bits per heavy atom. The third kappa shape index (κ3) is 3.21. The number of rotatable bonds is 5. The third-order valence-corrected chi connectivity index (χ3v) is 4.08. The van der Waals surface area contributed by atoms with Crippen LogP contribution >= 0.6 is 11.3 Å². The van der Waals surface area contributed by atoms with Gasteiger partial charge in [0.25, 0.3) is 5.91 Å². The van der Waals surface area contributed by atoms with Gasteiger partial charge in [-0.05, 0) is 18.2 Å². The molecular weight excluding hydrogens is 323 g/mol. The van der Waals surface area contributed by atoms with Crippen LogP contribution in [0.1, 0.15) is 25.9 Å². The first-order chi connectivity index (χ1) is 11.0. The minimum atomic E-state index is -1.08. The van der Waals surface area contributed by atoms with Gasteiger partial charge in [0.2, 0.25) is 0 Å². The van der Waals surface area contributed by atoms with Crippen LogP contribution < -0.4 is 5.32 Å². The van der Waals surface area contributed by atoms with Gasteiger partial charge in [0.15, 0.2) is 5.69 Å². The maximum absolute atomic E-state index is 13.3. The SMILES string of the molecule is O=C(O)c1csc(CCNC(=O)c2coc3ccc(F)cc23)n1. The van der Waals surface area contributed by atoms with E-state index in [-0.39, 0.29) is 23.7 Å². The summed E-state index contributed by atoms with van der Waals surface area (Å²) in [7, 11) is 0. The lowest BCUT2D eigenvalue weighted by Gasteiger charge is -2.02. The summed E-state index contributed by atoms with van der Waals surface area (Å²) < 4.78 is 18.5. The average Bonchev–Trinajstić information content (AvgIpc) is 3.13. The molecule has 2 aromatic heterocycles. The van der Waals surface area contributed by atoms with Crippen molar-refractivity contribution in [3.8, 4) is 0 Å². The van der Waals surface area contributed by atoms with E-state index in [1.165, 1.54) is 41.2 Å². The van der Waals surface area contributed by atoms with E-state index in [1.54, 1.807) is 0 Å². The molecule has 23 heavy (non-hydrogen) atoms. The maximum atomic E-state index is 13.3. The first kappa shape index (κ1) is 15.2. The summed E-state index contributed by atoms with van der Waals surface area (Å²) in [6.07, 6.45) is 1.69. The molecular formula is C15H11FN2O4S. The van der Waals surface area contributed by atoms with Crippen LogP contribution in [0.2, 0.25) is 0 Å². The number of furan rings is 1. The van der Waals surface area contributed by atoms with Gasteiger partial charge in [-0.1, -0.05) is 0 Å². The standard InChI is InChI=1S/C15H11FN2O4S/c16-8-1-2-12-9(5-8)10(6-22-12)14(19)17-4-3-13-18-11(7-23-13)15(20)21/h1-2,5-7H,3-4H2,(H,17,19)(H,20,21). The number of nitrogens with one attached hydrogen (secondary N) is 1. The lowest BCUT2D eigenvalue weighted by molar-refractivity contribution is 0.0690. The van der Waals surface area contributed by atoms with Gasteiger partial charge >= 0.3 is 5.97 Å². The fraction of sp³-hybridized carbons (Fsp3) is 0.133. The number of thiazole rings is 1. The summed E-state index contributed by atoms with van der Waals surface area (Å²) in [6.45, 7) is 0.285. The predicted octanol–water partition coefficient (Wildman–Crippen LogP) is 2.70. The van der Waals surface area contributed by atoms with E-state index >= 15 is 0 Å². The number of carbonyl (C=O) groups is 2. The second-order valence-corrected chi connectivity index (χ2v) is 5.67. The summed E-state index contributed by atoms with van der Waals surface area (Å²) in [4.78, 5) is 26.8. The highest BCUT2D eigenvalue weighted by Gasteiger charge is 2.14. The summed E-state index contributed by atoms with van der Waals surface area (Å²) >= 11 is 1.22. The van der Waals surface area contributed by atoms with Crippen molar-refractivity contribution in [2.45, 2.75) is 6.42 Å². The fourth-order valence-electron chi connectivity index (χ4n) is 2.08. The zero-order valence-corrected chi connectivity index (χ0v) is 12.5. The number of benzene rings is 1. The number of carboxylic acids is 1. The number of nitrogens with zero attached hydrogens (tertiary/aromatic N) is 1. The van der Waals surface area contributed by atoms with Gasteiger partial charge in [-0.2, -0.15) is 0 Å². The number of aromatic carboxylic acids is 1. The normalized spacial score (nSPS) is 10.8. The molecule has 1 amide bonds. The van der Waals surface area contributed by atoms with Crippen molar-refractivity contribution in [1.29, 1.82) is 0 Å². The number of amides is 1. The molecule has 2 heterocycles. The number of aromatic nitrogens is 1. The number of hydrogen-bond donors (Lipinski definition) is 2. The average molecular weight is 334 g/mol. The van der Waals surface area contributed by atoms with E-state index in [0.29, 0.717) is 22.4 Å². The van der Waals surface area contributed by atoms with Crippen molar-refractivity contribution < 1.29 is 23.5 Å². The van der Waals surface area contributed by atoms with E-state index in [1.807, 2.05) is 0 Å². The van der Waals surface area contributed by atoms with Crippen molar-refractivity contribution in [1.82, 2.24) is 10.3 Å². The summed E-state index contributed by atoms with van der Waals surface area (Å²) in [5.74, 6) is -1.91. The Morgan fingerprint density at radius 1 is 1.39 bits per heavy atom. The van der Waals surface area contributed by atoms with Gasteiger partial charge in [-0.3, -0.25) is 4.79 Å². The number of hydrogen-bond acceptors (Lipinski definition) is 5. The van der Waals surface area contributed by atoms with E-state index < -0.39 is 11.8 Å². The molecule has 0 saturated heterocycles. The summed E-state index contributed by atoms with van der Waals surface area (Å²) in [5, 5.41) is 13.9. The Kier molecular flexibility index (Phi) is 4.07. The second-order valence-electron chi connectivity index (χ2n) is 4.73. The molecule has 0 atom stereocenters. The Hall–Kier alpha value is -2.74. The molecule has 0 aliphatic heterocycles. The molecule has 8 heteroatoms. The van der Waals surface area contributed by atoms with Crippen LogP contribution in [0.5, 0.6) is 0 Å². The van der Waals surface area contributed by atoms with E-state index in [2.05, 4.69) is 10.3 Å². The molecule has 0 aliphatic carbocycles. The fourth-order valence-corrected chi connectivity index (χ4v) is 2.85. The highest BCUT2D eigenvalue weighted by Crippen LogP contribution is 2.22. The molecule has 0 radical (unpaired) electrons. The number of fused-ring (bicyclic) bond motifs is 1. The highest BCUT2D eigenvalue weighted by atomic mass is 32.1. The summed E-state index contributed by atoms with van der Waals surface area (Å²) in [6, 6.07) is 3.97. The van der Waals surface area contributed by atoms with Crippen LogP contribution in [-0.2, 0) is 6.42 Å². The Labute approximate surface area is 133 Å². The highest BCUT2D eigenvalue weighted by molar-refractivity contribution is 7.09. The molecule has 0 bridgehead atoms. The number of halogens is 1. The lowest BCUT2D eigenvalue weighted by Crippen LogP contribution is -2.25. The van der Waals surface area contributed by atoms with Crippen molar-refractivity contribution in [3.05, 3.63) is 51.9 Å². The zero-order valence-electron chi connectivity index (χ0n) is 11.7. The minimum absolute atomic E-state index is 0.00682. The van der Waals surface area contributed by atoms with Crippen LogP contribution in [0.25, 0.3) is 11.0 Å². The smallest absolute Gasteiger partial charge is 0.355 e. The van der Waals surface area contributed by atoms with Gasteiger partial charge in [0.05, 0.1) is 10.6 Å². The minimum Gasteiger partial charge on any atom is -0.476 e. The molecule has 0 aliphatic rings. The van der Waals surface area contributed by atoms with E-state index in [9.17, 15) is 14.0 Å². The lowest BCUT2D eigenvalue weighted by atomic mass is 10.1. The first-order valence-corrected chi connectivity index (χ1v) is 7.55. The van der Waals surface area contributed by atoms with Crippen molar-refractivity contribution in [2.24, 2.45) is 0 Å². The van der Waals surface area contributed by atoms with Crippen LogP contribution in [0.3, 0.4) is 0 Å². The number of carboxylic acid groups (broad SMARTS) is 1. The molecule has 118 valence electrons. The van der Waals surface area contributed by atoms with Crippen molar-refractivity contribution in [2.75, 3.05) is 6.54 Å². The number of carbonyl (C=O) groups excluding carboxylic acids is 1. The molecule has 0 unspecified atom stereocenters. The van der Waals surface area contributed by atoms with Crippen LogP contribution in [0.4, 0.5) is 4.39 Å². The molecule has 2 N–H and O–H groups in total. The van der Waals surface area contributed by atoms with Crippen LogP contribution in [0, 0.1) is 5.82 Å². The van der Waals surface area contributed by atoms with Crippen LogP contribution in [-0.4, -0.2) is 28.5 Å².